The fourth-order valence-corrected chi connectivity index (χ4v) is 8.15. The lowest BCUT2D eigenvalue weighted by atomic mass is 9.98. The van der Waals surface area contributed by atoms with Gasteiger partial charge in [0.2, 0.25) is 0 Å². The number of likely N-dealkylation sites (N-methyl/N-ethyl adjacent to an activating group) is 1. The average molecular weight is 864 g/mol. The molecule has 0 bridgehead atoms. The number of esters is 1. The maximum Gasteiger partial charge on any atom is 0.418 e. The molecular formula is C42H57ClF3N7O7. The zero-order chi connectivity index (χ0) is 43.7. The molecule has 1 unspecified atom stereocenters. The molecule has 0 saturated carbocycles. The van der Waals surface area contributed by atoms with Gasteiger partial charge in [0.1, 0.15) is 0 Å². The van der Waals surface area contributed by atoms with E-state index in [1.54, 1.807) is 23.9 Å². The van der Waals surface area contributed by atoms with Crippen molar-refractivity contribution in [3.05, 3.63) is 58.1 Å². The van der Waals surface area contributed by atoms with E-state index in [9.17, 15) is 37.1 Å². The Hall–Kier alpha value is -4.77. The van der Waals surface area contributed by atoms with Gasteiger partial charge < -0.3 is 45.0 Å². The average Bonchev–Trinajstić information content (AvgIpc) is 3.39. The van der Waals surface area contributed by atoms with Gasteiger partial charge in [-0.3, -0.25) is 14.4 Å². The summed E-state index contributed by atoms with van der Waals surface area (Å²) in [6.07, 6.45) is -2.83. The number of likely N-dealkylation sites (tertiary alicyclic amines) is 2. The van der Waals surface area contributed by atoms with Crippen molar-refractivity contribution in [3.63, 3.8) is 0 Å². The Morgan fingerprint density at radius 3 is 2.30 bits per heavy atom. The highest BCUT2D eigenvalue weighted by Crippen LogP contribution is 2.38. The molecular weight excluding hydrogens is 807 g/mol. The van der Waals surface area contributed by atoms with Gasteiger partial charge in [-0.05, 0) is 93.8 Å². The predicted molar refractivity (Wildman–Crippen MR) is 220 cm³/mol. The van der Waals surface area contributed by atoms with Gasteiger partial charge in [0.15, 0.2) is 12.7 Å². The molecule has 330 valence electrons. The molecule has 2 atom stereocenters. The van der Waals surface area contributed by atoms with E-state index in [4.69, 9.17) is 26.8 Å². The number of nitrogen functional groups attached to an aromatic ring is 1. The summed E-state index contributed by atoms with van der Waals surface area (Å²) in [6, 6.07) is 9.55. The fraction of sp³-hybridized carbons (Fsp3) is 0.595. The molecule has 2 aromatic rings. The Balaban J connectivity index is 1.17. The van der Waals surface area contributed by atoms with Crippen LogP contribution in [-0.2, 0) is 42.9 Å². The van der Waals surface area contributed by atoms with Crippen LogP contribution in [0.2, 0.25) is 5.02 Å². The Morgan fingerprint density at radius 2 is 1.63 bits per heavy atom. The minimum absolute atomic E-state index is 0.0404. The first-order valence-electron chi connectivity index (χ1n) is 20.5. The van der Waals surface area contributed by atoms with Crippen molar-refractivity contribution in [3.8, 4) is 0 Å². The molecule has 5 amide bonds. The number of hydrogen-bond donors (Lipinski definition) is 2. The number of para-hydroxylation sites is 1. The van der Waals surface area contributed by atoms with E-state index in [2.05, 4.69) is 17.1 Å². The summed E-state index contributed by atoms with van der Waals surface area (Å²) in [5.74, 6) is -0.996. The molecule has 3 heterocycles. The molecule has 2 fully saturated rings. The molecule has 5 rings (SSSR count). The number of ether oxygens (including phenoxy) is 2. The van der Waals surface area contributed by atoms with Crippen LogP contribution in [0.15, 0.2) is 36.4 Å². The summed E-state index contributed by atoms with van der Waals surface area (Å²) in [6.45, 7) is 4.24. The van der Waals surface area contributed by atoms with Gasteiger partial charge in [0.05, 0.1) is 16.3 Å². The zero-order valence-corrected chi connectivity index (χ0v) is 35.5. The molecule has 0 aromatic heterocycles. The van der Waals surface area contributed by atoms with Crippen molar-refractivity contribution >= 4 is 52.9 Å². The maximum absolute atomic E-state index is 14.1. The number of hydrogen-bond acceptors (Lipinski definition) is 9. The van der Waals surface area contributed by atoms with Crippen LogP contribution < -0.4 is 11.1 Å². The molecule has 2 saturated heterocycles. The van der Waals surface area contributed by atoms with E-state index >= 15 is 0 Å². The highest BCUT2D eigenvalue weighted by Gasteiger charge is 2.38. The summed E-state index contributed by atoms with van der Waals surface area (Å²) < 4.78 is 52.7. The monoisotopic (exact) mass is 863 g/mol. The lowest BCUT2D eigenvalue weighted by molar-refractivity contribution is -0.151. The number of amides is 5. The number of nitrogens with one attached hydrogen (secondary N) is 1. The van der Waals surface area contributed by atoms with Crippen LogP contribution in [0.3, 0.4) is 0 Å². The largest absolute Gasteiger partial charge is 0.456 e. The van der Waals surface area contributed by atoms with Crippen LogP contribution in [0.1, 0.15) is 68.6 Å². The molecule has 0 radical (unpaired) electrons. The number of rotatable bonds is 14. The number of halogens is 4. The van der Waals surface area contributed by atoms with E-state index < -0.39 is 41.5 Å². The third kappa shape index (κ3) is 12.4. The first kappa shape index (κ1) is 46.3. The van der Waals surface area contributed by atoms with Gasteiger partial charge in [-0.25, -0.2) is 9.59 Å². The molecule has 3 aliphatic heterocycles. The zero-order valence-electron chi connectivity index (χ0n) is 34.8. The minimum Gasteiger partial charge on any atom is -0.456 e. The first-order valence-corrected chi connectivity index (χ1v) is 20.9. The molecule has 60 heavy (non-hydrogen) atoms. The fourth-order valence-electron chi connectivity index (χ4n) is 7.90. The minimum atomic E-state index is -4.80. The van der Waals surface area contributed by atoms with Crippen LogP contribution in [0.4, 0.5) is 34.1 Å². The summed E-state index contributed by atoms with van der Waals surface area (Å²) in [5.41, 5.74) is 5.77. The van der Waals surface area contributed by atoms with Crippen LogP contribution in [0.25, 0.3) is 0 Å². The maximum atomic E-state index is 14.1. The van der Waals surface area contributed by atoms with E-state index in [0.29, 0.717) is 58.2 Å². The molecule has 3 aliphatic rings. The van der Waals surface area contributed by atoms with Gasteiger partial charge in [0.25, 0.3) is 11.8 Å². The van der Waals surface area contributed by atoms with Crippen LogP contribution >= 0.6 is 11.6 Å². The van der Waals surface area contributed by atoms with Crippen LogP contribution in [0.5, 0.6) is 0 Å². The number of benzene rings is 2. The lowest BCUT2D eigenvalue weighted by Gasteiger charge is -2.39. The standard InChI is InChI=1S/C42H57ClF3N7O7/c1-27(9-10-37(55)59-26-36(54)49(2)3)11-17-50(4)30-13-18-51(19-14-30)39(56)35(25-28-23-32(42(44,45)46)38(47)33(43)24-28)60-41(58)52-20-15-31(16-21-52)53-22-12-29-7-5-6-8-34(29)48-40(53)57/h5-8,23-24,27,30-31,35H,9-22,25-26,47H2,1-4H3,(H,48,57)/t27?,35-/m1/s1. The van der Waals surface area contributed by atoms with Gasteiger partial charge in [-0.15, -0.1) is 0 Å². The third-order valence-corrected chi connectivity index (χ3v) is 12.1. The SMILES string of the molecule is CC(CCC(=O)OCC(=O)N(C)C)CCN(C)C1CCN(C(=O)[C@@H](Cc2cc(Cl)c(N)c(C(F)(F)F)c2)OC(=O)N2CCC(N3CCc4ccccc4NC3=O)CC2)CC1. The predicted octanol–water partition coefficient (Wildman–Crippen LogP) is 5.90. The Bertz CT molecular complexity index is 1850. The molecule has 18 heteroatoms. The molecule has 0 aliphatic carbocycles. The Morgan fingerprint density at radius 1 is 0.967 bits per heavy atom. The number of piperidine rings is 2. The normalized spacial score (nSPS) is 17.7. The van der Waals surface area contributed by atoms with E-state index in [-0.39, 0.29) is 73.1 Å². The number of nitrogens with two attached hydrogens (primary N) is 1. The Labute approximate surface area is 354 Å². The van der Waals surface area contributed by atoms with Gasteiger partial charge in [-0.2, -0.15) is 13.2 Å². The van der Waals surface area contributed by atoms with Gasteiger partial charge in [-0.1, -0.05) is 36.7 Å². The van der Waals surface area contributed by atoms with E-state index in [0.717, 1.165) is 30.3 Å². The third-order valence-electron chi connectivity index (χ3n) is 11.8. The second-order valence-corrected chi connectivity index (χ2v) is 16.7. The molecule has 0 spiro atoms. The number of urea groups is 1. The van der Waals surface area contributed by atoms with Crippen molar-refractivity contribution in [2.75, 3.05) is 78.1 Å². The van der Waals surface area contributed by atoms with Crippen LogP contribution in [0, 0.1) is 5.92 Å². The summed E-state index contributed by atoms with van der Waals surface area (Å²) in [4.78, 5) is 73.2. The summed E-state index contributed by atoms with van der Waals surface area (Å²) >= 11 is 6.14. The first-order chi connectivity index (χ1) is 28.4. The molecule has 3 N–H and O–H groups in total. The van der Waals surface area contributed by atoms with Crippen molar-refractivity contribution in [1.82, 2.24) is 24.5 Å². The molecule has 2 aromatic carbocycles. The smallest absolute Gasteiger partial charge is 0.418 e. The number of anilines is 2. The number of fused-ring (bicyclic) bond motifs is 1. The quantitative estimate of drug-likeness (QED) is 0.174. The topological polar surface area (TPSA) is 158 Å². The second kappa shape index (κ2) is 20.7. The van der Waals surface area contributed by atoms with Gasteiger partial charge in [0, 0.05) is 77.4 Å². The second-order valence-electron chi connectivity index (χ2n) is 16.3. The Kier molecular flexibility index (Phi) is 15.9. The van der Waals surface area contributed by atoms with Crippen LogP contribution in [-0.4, -0.2) is 140 Å². The number of alkyl halides is 3. The van der Waals surface area contributed by atoms with Crippen molar-refractivity contribution in [2.24, 2.45) is 5.92 Å². The lowest BCUT2D eigenvalue weighted by Crippen LogP contribution is -2.52. The summed E-state index contributed by atoms with van der Waals surface area (Å²) in [5, 5.41) is 2.65. The highest BCUT2D eigenvalue weighted by molar-refractivity contribution is 6.33. The number of carbonyl (C=O) groups is 5. The van der Waals surface area contributed by atoms with E-state index in [1.165, 1.54) is 15.9 Å². The van der Waals surface area contributed by atoms with Crippen molar-refractivity contribution < 1.29 is 46.6 Å². The van der Waals surface area contributed by atoms with E-state index in [1.807, 2.05) is 31.3 Å². The number of nitrogens with zero attached hydrogens (tertiary/aromatic N) is 5. The van der Waals surface area contributed by atoms with Crippen molar-refractivity contribution in [2.45, 2.75) is 89.1 Å². The molecule has 14 nitrogen and oxygen atoms in total. The summed E-state index contributed by atoms with van der Waals surface area (Å²) in [7, 11) is 5.19. The number of carbonyl (C=O) groups excluding carboxylic acids is 5. The van der Waals surface area contributed by atoms with Gasteiger partial charge >= 0.3 is 24.3 Å². The highest BCUT2D eigenvalue weighted by atomic mass is 35.5. The van der Waals surface area contributed by atoms with Crippen molar-refractivity contribution in [1.29, 1.82) is 0 Å².